The van der Waals surface area contributed by atoms with Crippen molar-refractivity contribution in [3.05, 3.63) is 78.5 Å². The van der Waals surface area contributed by atoms with Crippen LogP contribution in [0.3, 0.4) is 0 Å². The summed E-state index contributed by atoms with van der Waals surface area (Å²) < 4.78 is 0. The molecule has 0 aliphatic carbocycles. The fourth-order valence-corrected chi connectivity index (χ4v) is 2.63. The number of nitrogens with one attached hydrogen (secondary N) is 1. The molecular weight excluding hydrogens is 342 g/mol. The highest BCUT2D eigenvalue weighted by atomic mass is 16.4. The van der Waals surface area contributed by atoms with Crippen LogP contribution in [0.15, 0.2) is 72.9 Å². The third-order valence-electron chi connectivity index (χ3n) is 4.06. The standard InChI is InChI=1S/C21H19N3O3/c1-24(12-4-7-20(25)26)18-10-8-15(9-11-18)21(27)23-17-13-16-5-2-3-6-19(16)22-14-17/h2-11,13-14H,12H2,1H3,(H,23,27)(H,25,26). The number of carbonyl (C=O) groups is 2. The van der Waals surface area contributed by atoms with Gasteiger partial charge in [0.2, 0.25) is 0 Å². The van der Waals surface area contributed by atoms with Gasteiger partial charge in [0.25, 0.3) is 5.91 Å². The van der Waals surface area contributed by atoms with Crippen LogP contribution >= 0.6 is 0 Å². The van der Waals surface area contributed by atoms with Crippen molar-refractivity contribution < 1.29 is 14.7 Å². The molecule has 1 amide bonds. The lowest BCUT2D eigenvalue weighted by Gasteiger charge is -2.17. The molecule has 0 saturated carbocycles. The molecule has 3 rings (SSSR count). The fraction of sp³-hybridized carbons (Fsp3) is 0.0952. The van der Waals surface area contributed by atoms with Crippen molar-refractivity contribution in [1.82, 2.24) is 4.98 Å². The molecule has 2 aromatic carbocycles. The van der Waals surface area contributed by atoms with Crippen LogP contribution in [0.4, 0.5) is 11.4 Å². The van der Waals surface area contributed by atoms with E-state index in [9.17, 15) is 9.59 Å². The number of hydrogen-bond donors (Lipinski definition) is 2. The van der Waals surface area contributed by atoms with Gasteiger partial charge < -0.3 is 15.3 Å². The van der Waals surface area contributed by atoms with E-state index in [2.05, 4.69) is 10.3 Å². The largest absolute Gasteiger partial charge is 0.478 e. The zero-order valence-corrected chi connectivity index (χ0v) is 14.8. The highest BCUT2D eigenvalue weighted by Crippen LogP contribution is 2.18. The second-order valence-electron chi connectivity index (χ2n) is 6.04. The van der Waals surface area contributed by atoms with Gasteiger partial charge in [-0.3, -0.25) is 9.78 Å². The molecule has 0 atom stereocenters. The Morgan fingerprint density at radius 1 is 1.15 bits per heavy atom. The lowest BCUT2D eigenvalue weighted by molar-refractivity contribution is -0.131. The predicted molar refractivity (Wildman–Crippen MR) is 106 cm³/mol. The van der Waals surface area contributed by atoms with Crippen LogP contribution in [-0.4, -0.2) is 35.6 Å². The monoisotopic (exact) mass is 361 g/mol. The number of nitrogens with zero attached hydrogens (tertiary/aromatic N) is 2. The molecule has 2 N–H and O–H groups in total. The number of carboxylic acids is 1. The third kappa shape index (κ3) is 4.70. The zero-order valence-electron chi connectivity index (χ0n) is 14.8. The number of aliphatic carboxylic acids is 1. The average Bonchev–Trinajstić information content (AvgIpc) is 2.67. The summed E-state index contributed by atoms with van der Waals surface area (Å²) in [6.45, 7) is 0.459. The molecule has 0 bridgehead atoms. The molecule has 0 radical (unpaired) electrons. The van der Waals surface area contributed by atoms with Crippen molar-refractivity contribution in [1.29, 1.82) is 0 Å². The first kappa shape index (κ1) is 18.1. The Kier molecular flexibility index (Phi) is 5.47. The first-order valence-electron chi connectivity index (χ1n) is 8.40. The number of para-hydroxylation sites is 1. The number of amides is 1. The van der Waals surface area contributed by atoms with E-state index in [-0.39, 0.29) is 5.91 Å². The van der Waals surface area contributed by atoms with Gasteiger partial charge in [0, 0.05) is 36.3 Å². The summed E-state index contributed by atoms with van der Waals surface area (Å²) in [5, 5.41) is 12.4. The van der Waals surface area contributed by atoms with Gasteiger partial charge in [-0.25, -0.2) is 4.79 Å². The maximum atomic E-state index is 12.4. The fourth-order valence-electron chi connectivity index (χ4n) is 2.63. The van der Waals surface area contributed by atoms with Crippen molar-refractivity contribution in [2.75, 3.05) is 23.8 Å². The van der Waals surface area contributed by atoms with Gasteiger partial charge >= 0.3 is 5.97 Å². The van der Waals surface area contributed by atoms with Crippen LogP contribution in [0.5, 0.6) is 0 Å². The second kappa shape index (κ2) is 8.14. The van der Waals surface area contributed by atoms with Gasteiger partial charge in [0.05, 0.1) is 17.4 Å². The number of hydrogen-bond acceptors (Lipinski definition) is 4. The molecule has 3 aromatic rings. The first-order chi connectivity index (χ1) is 13.0. The second-order valence-corrected chi connectivity index (χ2v) is 6.04. The van der Waals surface area contributed by atoms with E-state index < -0.39 is 5.97 Å². The Balaban J connectivity index is 1.66. The van der Waals surface area contributed by atoms with Gasteiger partial charge in [-0.15, -0.1) is 0 Å². The summed E-state index contributed by atoms with van der Waals surface area (Å²) in [4.78, 5) is 29.2. The minimum absolute atomic E-state index is 0.216. The lowest BCUT2D eigenvalue weighted by Crippen LogP contribution is -2.17. The van der Waals surface area contributed by atoms with E-state index in [1.807, 2.05) is 54.4 Å². The minimum atomic E-state index is -0.974. The summed E-state index contributed by atoms with van der Waals surface area (Å²) in [5.41, 5.74) is 2.92. The van der Waals surface area contributed by atoms with Crippen molar-refractivity contribution in [2.45, 2.75) is 0 Å². The number of benzene rings is 2. The Labute approximate surface area is 156 Å². The molecule has 0 aliphatic rings. The van der Waals surface area contributed by atoms with E-state index in [0.717, 1.165) is 22.7 Å². The average molecular weight is 361 g/mol. The maximum Gasteiger partial charge on any atom is 0.328 e. The molecule has 0 unspecified atom stereocenters. The Hall–Kier alpha value is -3.67. The SMILES string of the molecule is CN(CC=CC(=O)O)c1ccc(C(=O)Nc2cnc3ccccc3c2)cc1. The number of aromatic nitrogens is 1. The summed E-state index contributed by atoms with van der Waals surface area (Å²) in [5.74, 6) is -1.19. The number of likely N-dealkylation sites (N-methyl/N-ethyl adjacent to an activating group) is 1. The number of rotatable bonds is 6. The summed E-state index contributed by atoms with van der Waals surface area (Å²) in [7, 11) is 1.85. The van der Waals surface area contributed by atoms with E-state index >= 15 is 0 Å². The Bertz CT molecular complexity index is 997. The molecule has 0 saturated heterocycles. The molecule has 6 heteroatoms. The third-order valence-corrected chi connectivity index (χ3v) is 4.06. The summed E-state index contributed by atoms with van der Waals surface area (Å²) >= 11 is 0. The van der Waals surface area contributed by atoms with Crippen LogP contribution in [0.2, 0.25) is 0 Å². The zero-order chi connectivity index (χ0) is 19.2. The lowest BCUT2D eigenvalue weighted by atomic mass is 10.1. The van der Waals surface area contributed by atoms with Crippen LogP contribution in [-0.2, 0) is 4.79 Å². The van der Waals surface area contributed by atoms with E-state index in [1.54, 1.807) is 24.4 Å². The number of anilines is 2. The highest BCUT2D eigenvalue weighted by molar-refractivity contribution is 6.05. The molecule has 1 heterocycles. The summed E-state index contributed by atoms with van der Waals surface area (Å²) in [6.07, 6.45) is 4.31. The number of carbonyl (C=O) groups excluding carboxylic acids is 1. The molecule has 27 heavy (non-hydrogen) atoms. The molecular formula is C21H19N3O3. The van der Waals surface area contributed by atoms with Crippen molar-refractivity contribution >= 4 is 34.2 Å². The number of pyridine rings is 1. The maximum absolute atomic E-state index is 12.4. The highest BCUT2D eigenvalue weighted by Gasteiger charge is 2.08. The van der Waals surface area contributed by atoms with Crippen LogP contribution in [0.1, 0.15) is 10.4 Å². The van der Waals surface area contributed by atoms with Crippen molar-refractivity contribution in [2.24, 2.45) is 0 Å². The quantitative estimate of drug-likeness (QED) is 0.656. The molecule has 1 aromatic heterocycles. The summed E-state index contributed by atoms with van der Waals surface area (Å²) in [6, 6.07) is 16.7. The molecule has 0 aliphatic heterocycles. The topological polar surface area (TPSA) is 82.5 Å². The van der Waals surface area contributed by atoms with E-state index in [1.165, 1.54) is 0 Å². The number of fused-ring (bicyclic) bond motifs is 1. The van der Waals surface area contributed by atoms with E-state index in [0.29, 0.717) is 17.8 Å². The molecule has 0 fully saturated rings. The first-order valence-corrected chi connectivity index (χ1v) is 8.40. The predicted octanol–water partition coefficient (Wildman–Crippen LogP) is 3.56. The van der Waals surface area contributed by atoms with Gasteiger partial charge in [0.15, 0.2) is 0 Å². The van der Waals surface area contributed by atoms with Crippen molar-refractivity contribution in [3.63, 3.8) is 0 Å². The van der Waals surface area contributed by atoms with Gasteiger partial charge in [-0.05, 0) is 36.4 Å². The van der Waals surface area contributed by atoms with Gasteiger partial charge in [-0.1, -0.05) is 24.3 Å². The minimum Gasteiger partial charge on any atom is -0.478 e. The number of carboxylic acid groups (broad SMARTS) is 1. The van der Waals surface area contributed by atoms with Crippen LogP contribution in [0, 0.1) is 0 Å². The van der Waals surface area contributed by atoms with Crippen LogP contribution in [0.25, 0.3) is 10.9 Å². The smallest absolute Gasteiger partial charge is 0.328 e. The molecule has 136 valence electrons. The Morgan fingerprint density at radius 3 is 2.63 bits per heavy atom. The Morgan fingerprint density at radius 2 is 1.89 bits per heavy atom. The normalized spacial score (nSPS) is 10.9. The molecule has 0 spiro atoms. The van der Waals surface area contributed by atoms with Gasteiger partial charge in [0.1, 0.15) is 0 Å². The van der Waals surface area contributed by atoms with E-state index in [4.69, 9.17) is 5.11 Å². The van der Waals surface area contributed by atoms with Gasteiger partial charge in [-0.2, -0.15) is 0 Å². The molecule has 6 nitrogen and oxygen atoms in total. The van der Waals surface area contributed by atoms with Crippen LogP contribution < -0.4 is 10.2 Å². The van der Waals surface area contributed by atoms with Crippen molar-refractivity contribution in [3.8, 4) is 0 Å².